The first-order valence-corrected chi connectivity index (χ1v) is 12.9. The Bertz CT molecular complexity index is 847. The van der Waals surface area contributed by atoms with Gasteiger partial charge in [0.15, 0.2) is 0 Å². The zero-order chi connectivity index (χ0) is 25.2. The molecule has 0 spiro atoms. The standard InChI is InChI=1S/C31H44N2O2/c1-2-3-4-5-6-7-8-9-10-11-12-13-14-15-16-17-18-19-20-25-31(35)33-27-26-32-28-29-23-21-22-24-30(29)34/h3-4,6-7,9-10,12-13,15-16,18-19,21-24,32,34H,2,5,8,11,14,17,20,25-28H2,1H3,(H,33,35)/b4-3-,7-6-,10-9-,13-12-,16-15-,19-18-. The van der Waals surface area contributed by atoms with Crippen LogP contribution in [0.15, 0.2) is 97.2 Å². The minimum Gasteiger partial charge on any atom is -0.508 e. The summed E-state index contributed by atoms with van der Waals surface area (Å²) >= 11 is 0. The lowest BCUT2D eigenvalue weighted by molar-refractivity contribution is -0.120. The van der Waals surface area contributed by atoms with E-state index in [9.17, 15) is 9.90 Å². The molecule has 0 aliphatic carbocycles. The number of para-hydroxylation sites is 1. The molecule has 190 valence electrons. The Morgan fingerprint density at radius 2 is 1.26 bits per heavy atom. The lowest BCUT2D eigenvalue weighted by Gasteiger charge is -2.07. The largest absolute Gasteiger partial charge is 0.508 e. The Balaban J connectivity index is 1.94. The van der Waals surface area contributed by atoms with Crippen LogP contribution in [0.3, 0.4) is 0 Å². The van der Waals surface area contributed by atoms with Gasteiger partial charge >= 0.3 is 0 Å². The number of nitrogens with one attached hydrogen (secondary N) is 2. The Morgan fingerprint density at radius 3 is 1.80 bits per heavy atom. The van der Waals surface area contributed by atoms with Gasteiger partial charge in [-0.3, -0.25) is 4.79 Å². The van der Waals surface area contributed by atoms with Crippen molar-refractivity contribution in [1.29, 1.82) is 0 Å². The zero-order valence-electron chi connectivity index (χ0n) is 21.4. The lowest BCUT2D eigenvalue weighted by Crippen LogP contribution is -2.31. The predicted molar refractivity (Wildman–Crippen MR) is 150 cm³/mol. The summed E-state index contributed by atoms with van der Waals surface area (Å²) in [7, 11) is 0. The Kier molecular flexibility index (Phi) is 19.4. The van der Waals surface area contributed by atoms with E-state index in [-0.39, 0.29) is 5.91 Å². The molecule has 0 atom stereocenters. The summed E-state index contributed by atoms with van der Waals surface area (Å²) in [4.78, 5) is 11.9. The lowest BCUT2D eigenvalue weighted by atomic mass is 10.2. The van der Waals surface area contributed by atoms with Crippen LogP contribution in [0.4, 0.5) is 0 Å². The van der Waals surface area contributed by atoms with Gasteiger partial charge in [0.25, 0.3) is 0 Å². The van der Waals surface area contributed by atoms with Gasteiger partial charge in [-0.05, 0) is 51.0 Å². The SMILES string of the molecule is CC/C=C\C/C=C\C/C=C\C/C=C\C/C=C\C/C=C\CCC(=O)NCCNCc1ccccc1O. The molecule has 3 N–H and O–H groups in total. The van der Waals surface area contributed by atoms with Gasteiger partial charge in [0, 0.05) is 31.6 Å². The fourth-order valence-corrected chi connectivity index (χ4v) is 3.12. The highest BCUT2D eigenvalue weighted by Gasteiger charge is 2.00. The van der Waals surface area contributed by atoms with Gasteiger partial charge in [-0.2, -0.15) is 0 Å². The van der Waals surface area contributed by atoms with Crippen molar-refractivity contribution in [2.75, 3.05) is 13.1 Å². The van der Waals surface area contributed by atoms with Gasteiger partial charge < -0.3 is 15.7 Å². The third-order valence-corrected chi connectivity index (χ3v) is 5.07. The second kappa shape index (κ2) is 22.7. The number of rotatable bonds is 19. The summed E-state index contributed by atoms with van der Waals surface area (Å²) in [6.45, 7) is 3.98. The first-order chi connectivity index (χ1) is 17.2. The minimum absolute atomic E-state index is 0.0638. The van der Waals surface area contributed by atoms with Crippen LogP contribution in [0.25, 0.3) is 0 Å². The molecule has 0 radical (unpaired) electrons. The molecule has 0 saturated heterocycles. The molecule has 4 heteroatoms. The first-order valence-electron chi connectivity index (χ1n) is 12.9. The third kappa shape index (κ3) is 18.9. The number of carbonyl (C=O) groups is 1. The van der Waals surface area contributed by atoms with Crippen molar-refractivity contribution in [1.82, 2.24) is 10.6 Å². The molecule has 0 bridgehead atoms. The predicted octanol–water partition coefficient (Wildman–Crippen LogP) is 7.08. The summed E-state index contributed by atoms with van der Waals surface area (Å²) in [5.41, 5.74) is 0.858. The number of allylic oxidation sites excluding steroid dienone is 12. The number of hydrogen-bond donors (Lipinski definition) is 3. The van der Waals surface area contributed by atoms with Crippen LogP contribution in [0, 0.1) is 0 Å². The quantitative estimate of drug-likeness (QED) is 0.148. The smallest absolute Gasteiger partial charge is 0.220 e. The topological polar surface area (TPSA) is 61.4 Å². The van der Waals surface area contributed by atoms with Gasteiger partial charge in [0.1, 0.15) is 5.75 Å². The molecule has 1 aromatic carbocycles. The molecule has 4 nitrogen and oxygen atoms in total. The average molecular weight is 477 g/mol. The van der Waals surface area contributed by atoms with Crippen molar-refractivity contribution < 1.29 is 9.90 Å². The van der Waals surface area contributed by atoms with E-state index in [0.717, 1.165) is 50.5 Å². The van der Waals surface area contributed by atoms with Crippen LogP contribution in [-0.2, 0) is 11.3 Å². The molecule has 1 rings (SSSR count). The monoisotopic (exact) mass is 476 g/mol. The van der Waals surface area contributed by atoms with Crippen LogP contribution in [0.2, 0.25) is 0 Å². The Hall–Kier alpha value is -3.11. The molecule has 0 heterocycles. The second-order valence-electron chi connectivity index (χ2n) is 8.11. The number of aromatic hydroxyl groups is 1. The number of hydrogen-bond acceptors (Lipinski definition) is 3. The molecule has 0 aromatic heterocycles. The number of benzene rings is 1. The van der Waals surface area contributed by atoms with Crippen molar-refractivity contribution >= 4 is 5.91 Å². The van der Waals surface area contributed by atoms with Crippen molar-refractivity contribution in [2.45, 2.75) is 64.8 Å². The van der Waals surface area contributed by atoms with E-state index in [1.54, 1.807) is 12.1 Å². The van der Waals surface area contributed by atoms with Gasteiger partial charge in [-0.25, -0.2) is 0 Å². The number of phenols is 1. The third-order valence-electron chi connectivity index (χ3n) is 5.07. The Labute approximate surface area is 212 Å². The van der Waals surface area contributed by atoms with E-state index in [1.165, 1.54) is 0 Å². The molecule has 35 heavy (non-hydrogen) atoms. The summed E-state index contributed by atoms with van der Waals surface area (Å²) < 4.78 is 0. The highest BCUT2D eigenvalue weighted by Crippen LogP contribution is 2.14. The van der Waals surface area contributed by atoms with Gasteiger partial charge in [0.05, 0.1) is 0 Å². The van der Waals surface area contributed by atoms with Gasteiger partial charge in [0.2, 0.25) is 5.91 Å². The van der Waals surface area contributed by atoms with E-state index >= 15 is 0 Å². The van der Waals surface area contributed by atoms with E-state index in [2.05, 4.69) is 90.5 Å². The van der Waals surface area contributed by atoms with E-state index in [0.29, 0.717) is 31.8 Å². The fourth-order valence-electron chi connectivity index (χ4n) is 3.12. The maximum absolute atomic E-state index is 11.9. The van der Waals surface area contributed by atoms with Crippen molar-refractivity contribution in [3.63, 3.8) is 0 Å². The van der Waals surface area contributed by atoms with Crippen LogP contribution >= 0.6 is 0 Å². The van der Waals surface area contributed by atoms with E-state index < -0.39 is 0 Å². The van der Waals surface area contributed by atoms with Gasteiger partial charge in [-0.1, -0.05) is 98.0 Å². The molecular weight excluding hydrogens is 432 g/mol. The maximum atomic E-state index is 11.9. The second-order valence-corrected chi connectivity index (χ2v) is 8.11. The highest BCUT2D eigenvalue weighted by atomic mass is 16.3. The number of carbonyl (C=O) groups excluding carboxylic acids is 1. The molecule has 0 unspecified atom stereocenters. The Morgan fingerprint density at radius 1 is 0.743 bits per heavy atom. The van der Waals surface area contributed by atoms with Crippen LogP contribution in [-0.4, -0.2) is 24.1 Å². The summed E-state index contributed by atoms with van der Waals surface area (Å²) in [6, 6.07) is 7.26. The highest BCUT2D eigenvalue weighted by molar-refractivity contribution is 5.75. The van der Waals surface area contributed by atoms with Crippen LogP contribution < -0.4 is 10.6 Å². The van der Waals surface area contributed by atoms with Gasteiger partial charge in [-0.15, -0.1) is 0 Å². The summed E-state index contributed by atoms with van der Waals surface area (Å²) in [6.07, 6.45) is 33.3. The zero-order valence-corrected chi connectivity index (χ0v) is 21.4. The first kappa shape index (κ1) is 29.9. The van der Waals surface area contributed by atoms with E-state index in [4.69, 9.17) is 0 Å². The van der Waals surface area contributed by atoms with Crippen LogP contribution in [0.5, 0.6) is 5.75 Å². The molecule has 0 aliphatic heterocycles. The minimum atomic E-state index is 0.0638. The van der Waals surface area contributed by atoms with Crippen molar-refractivity contribution in [2.24, 2.45) is 0 Å². The average Bonchev–Trinajstić information content (AvgIpc) is 2.86. The maximum Gasteiger partial charge on any atom is 0.220 e. The van der Waals surface area contributed by atoms with Crippen molar-refractivity contribution in [3.8, 4) is 5.75 Å². The van der Waals surface area contributed by atoms with E-state index in [1.807, 2.05) is 12.1 Å². The van der Waals surface area contributed by atoms with Crippen LogP contribution in [0.1, 0.15) is 63.9 Å². The molecule has 0 saturated carbocycles. The molecule has 0 aliphatic rings. The molecular formula is C31H44N2O2. The molecule has 0 fully saturated rings. The number of phenolic OH excluding ortho intramolecular Hbond substituents is 1. The summed E-state index contributed by atoms with van der Waals surface area (Å²) in [5.74, 6) is 0.356. The summed E-state index contributed by atoms with van der Waals surface area (Å²) in [5, 5.41) is 15.8. The molecule has 1 amide bonds. The normalized spacial score (nSPS) is 12.5. The van der Waals surface area contributed by atoms with Crippen molar-refractivity contribution in [3.05, 3.63) is 103 Å². The fraction of sp³-hybridized carbons (Fsp3) is 0.387. The number of amides is 1. The molecule has 1 aromatic rings.